The fraction of sp³-hybridized carbons (Fsp3) is 0.952. The van der Waals surface area contributed by atoms with E-state index in [1.165, 1.54) is 244 Å². The lowest BCUT2D eigenvalue weighted by Crippen LogP contribution is -2.30. The first kappa shape index (κ1) is 67.4. The van der Waals surface area contributed by atoms with Crippen molar-refractivity contribution < 1.29 is 28.6 Å². The van der Waals surface area contributed by atoms with Crippen molar-refractivity contribution in [3.63, 3.8) is 0 Å². The van der Waals surface area contributed by atoms with Gasteiger partial charge in [-0.25, -0.2) is 0 Å². The van der Waals surface area contributed by atoms with Crippen LogP contribution in [0.2, 0.25) is 0 Å². The van der Waals surface area contributed by atoms with Gasteiger partial charge in [-0.2, -0.15) is 0 Å². The molecule has 69 heavy (non-hydrogen) atoms. The Labute approximate surface area is 431 Å². The predicted octanol–water partition coefficient (Wildman–Crippen LogP) is 20.8. The number of carbonyl (C=O) groups excluding carboxylic acids is 3. The minimum Gasteiger partial charge on any atom is -0.462 e. The Morgan fingerprint density at radius 3 is 0.710 bits per heavy atom. The van der Waals surface area contributed by atoms with Crippen LogP contribution in [0.3, 0.4) is 0 Å². The zero-order valence-corrected chi connectivity index (χ0v) is 47.5. The van der Waals surface area contributed by atoms with Crippen molar-refractivity contribution in [1.29, 1.82) is 0 Å². The van der Waals surface area contributed by atoms with Gasteiger partial charge in [0.2, 0.25) is 0 Å². The number of hydrogen-bond donors (Lipinski definition) is 0. The minimum absolute atomic E-state index is 0.0626. The van der Waals surface area contributed by atoms with Gasteiger partial charge in [0.1, 0.15) is 13.2 Å². The first-order valence-electron chi connectivity index (χ1n) is 31.2. The molecule has 410 valence electrons. The highest BCUT2D eigenvalue weighted by atomic mass is 16.6. The molecule has 0 amide bonds. The summed E-state index contributed by atoms with van der Waals surface area (Å²) >= 11 is 0. The maximum Gasteiger partial charge on any atom is 0.306 e. The Morgan fingerprint density at radius 1 is 0.275 bits per heavy atom. The zero-order chi connectivity index (χ0) is 50.4. The highest BCUT2D eigenvalue weighted by Gasteiger charge is 2.19. The molecule has 0 bridgehead atoms. The number of rotatable bonds is 57. The average Bonchev–Trinajstić information content (AvgIpc) is 3.32. The van der Waals surface area contributed by atoms with Gasteiger partial charge >= 0.3 is 17.9 Å². The zero-order valence-electron chi connectivity index (χ0n) is 47.5. The quantitative estimate of drug-likeness (QED) is 0.0343. The molecule has 6 heteroatoms. The van der Waals surface area contributed by atoms with Crippen LogP contribution in [-0.2, 0) is 28.6 Å². The van der Waals surface area contributed by atoms with Crippen molar-refractivity contribution in [2.75, 3.05) is 13.2 Å². The fourth-order valence-corrected chi connectivity index (χ4v) is 9.76. The van der Waals surface area contributed by atoms with Crippen LogP contribution in [0.25, 0.3) is 0 Å². The van der Waals surface area contributed by atoms with E-state index in [0.717, 1.165) is 69.6 Å². The van der Waals surface area contributed by atoms with Crippen LogP contribution in [0.1, 0.15) is 356 Å². The van der Waals surface area contributed by atoms with Crippen molar-refractivity contribution in [2.24, 2.45) is 11.8 Å². The molecule has 0 aliphatic heterocycles. The number of unbranched alkanes of at least 4 members (excludes halogenated alkanes) is 42. The average molecular weight is 976 g/mol. The number of carbonyl (C=O) groups is 3. The SMILES string of the molecule is CCCCCCCCCCCCCCCCCCCCCC(=O)O[C@H](COC(=O)CCCCCCCCCCCCCCCCCCCCC(C)C)COC(=O)CCCCCCCCCCC(C)C. The van der Waals surface area contributed by atoms with Gasteiger partial charge in [0, 0.05) is 19.3 Å². The highest BCUT2D eigenvalue weighted by Crippen LogP contribution is 2.19. The van der Waals surface area contributed by atoms with E-state index in [2.05, 4.69) is 34.6 Å². The second kappa shape index (κ2) is 55.7. The van der Waals surface area contributed by atoms with Crippen LogP contribution in [0.15, 0.2) is 0 Å². The molecule has 0 saturated carbocycles. The van der Waals surface area contributed by atoms with Gasteiger partial charge in [-0.1, -0.05) is 317 Å². The van der Waals surface area contributed by atoms with E-state index in [4.69, 9.17) is 14.2 Å². The van der Waals surface area contributed by atoms with E-state index in [-0.39, 0.29) is 31.1 Å². The van der Waals surface area contributed by atoms with E-state index in [1.54, 1.807) is 0 Å². The van der Waals surface area contributed by atoms with Gasteiger partial charge in [-0.05, 0) is 31.1 Å². The summed E-state index contributed by atoms with van der Waals surface area (Å²) in [5.74, 6) is 0.819. The number of ether oxygens (including phenoxy) is 3. The lowest BCUT2D eigenvalue weighted by Gasteiger charge is -2.18. The van der Waals surface area contributed by atoms with Gasteiger partial charge in [0.05, 0.1) is 0 Å². The number of esters is 3. The topological polar surface area (TPSA) is 78.9 Å². The summed E-state index contributed by atoms with van der Waals surface area (Å²) in [5, 5.41) is 0. The van der Waals surface area contributed by atoms with Gasteiger partial charge in [0.15, 0.2) is 6.10 Å². The van der Waals surface area contributed by atoms with Crippen LogP contribution in [0, 0.1) is 11.8 Å². The maximum absolute atomic E-state index is 12.9. The summed E-state index contributed by atoms with van der Waals surface area (Å²) in [7, 11) is 0. The van der Waals surface area contributed by atoms with E-state index >= 15 is 0 Å². The lowest BCUT2D eigenvalue weighted by atomic mass is 10.0. The third kappa shape index (κ3) is 57.2. The largest absolute Gasteiger partial charge is 0.462 e. The fourth-order valence-electron chi connectivity index (χ4n) is 9.76. The van der Waals surface area contributed by atoms with Crippen molar-refractivity contribution in [3.05, 3.63) is 0 Å². The molecule has 0 saturated heterocycles. The summed E-state index contributed by atoms with van der Waals surface area (Å²) < 4.78 is 16.9. The standard InChI is InChI=1S/C63H122O6/c1-6-7-8-9-10-11-12-13-14-15-16-21-24-27-30-33-40-45-50-55-63(66)69-60(57-68-62(65)54-49-44-39-35-34-37-42-47-52-59(4)5)56-67-61(64)53-48-43-38-32-29-26-23-20-18-17-19-22-25-28-31-36-41-46-51-58(2)3/h58-60H,6-57H2,1-5H3/t60-/m1/s1. The second-order valence-corrected chi connectivity index (χ2v) is 22.6. The summed E-state index contributed by atoms with van der Waals surface area (Å²) in [6, 6.07) is 0. The predicted molar refractivity (Wildman–Crippen MR) is 298 cm³/mol. The van der Waals surface area contributed by atoms with Crippen molar-refractivity contribution in [2.45, 2.75) is 362 Å². The Kier molecular flexibility index (Phi) is 54.4. The summed E-state index contributed by atoms with van der Waals surface area (Å²) in [6.45, 7) is 11.4. The van der Waals surface area contributed by atoms with E-state index in [0.29, 0.717) is 19.3 Å². The smallest absolute Gasteiger partial charge is 0.306 e. The van der Waals surface area contributed by atoms with E-state index < -0.39 is 6.10 Å². The summed E-state index contributed by atoms with van der Waals surface area (Å²) in [6.07, 6.45) is 61.1. The Balaban J connectivity index is 4.21. The molecule has 6 nitrogen and oxygen atoms in total. The first-order valence-corrected chi connectivity index (χ1v) is 31.2. The monoisotopic (exact) mass is 975 g/mol. The minimum atomic E-state index is -0.763. The molecule has 0 aromatic carbocycles. The Hall–Kier alpha value is -1.59. The molecular formula is C63H122O6. The summed E-state index contributed by atoms with van der Waals surface area (Å²) in [5.41, 5.74) is 0. The van der Waals surface area contributed by atoms with Crippen LogP contribution >= 0.6 is 0 Å². The lowest BCUT2D eigenvalue weighted by molar-refractivity contribution is -0.167. The Bertz CT molecular complexity index is 1060. The Morgan fingerprint density at radius 2 is 0.478 bits per heavy atom. The molecule has 0 heterocycles. The third-order valence-corrected chi connectivity index (χ3v) is 14.5. The molecule has 0 rings (SSSR count). The molecule has 0 N–H and O–H groups in total. The molecule has 0 unspecified atom stereocenters. The van der Waals surface area contributed by atoms with E-state index in [1.807, 2.05) is 0 Å². The van der Waals surface area contributed by atoms with Crippen molar-refractivity contribution in [3.8, 4) is 0 Å². The van der Waals surface area contributed by atoms with Crippen molar-refractivity contribution >= 4 is 17.9 Å². The first-order chi connectivity index (χ1) is 33.7. The van der Waals surface area contributed by atoms with Crippen LogP contribution in [0.5, 0.6) is 0 Å². The third-order valence-electron chi connectivity index (χ3n) is 14.5. The van der Waals surface area contributed by atoms with Gasteiger partial charge < -0.3 is 14.2 Å². The molecule has 1 atom stereocenters. The molecule has 0 aromatic heterocycles. The molecule has 0 aromatic rings. The normalized spacial score (nSPS) is 12.0. The van der Waals surface area contributed by atoms with Gasteiger partial charge in [-0.15, -0.1) is 0 Å². The van der Waals surface area contributed by atoms with Crippen molar-refractivity contribution in [1.82, 2.24) is 0 Å². The molecule has 0 aliphatic rings. The van der Waals surface area contributed by atoms with Crippen LogP contribution in [-0.4, -0.2) is 37.2 Å². The van der Waals surface area contributed by atoms with E-state index in [9.17, 15) is 14.4 Å². The van der Waals surface area contributed by atoms with Gasteiger partial charge in [-0.3, -0.25) is 14.4 Å². The number of hydrogen-bond acceptors (Lipinski definition) is 6. The molecule has 0 fully saturated rings. The van der Waals surface area contributed by atoms with Crippen LogP contribution in [0.4, 0.5) is 0 Å². The highest BCUT2D eigenvalue weighted by molar-refractivity contribution is 5.71. The van der Waals surface area contributed by atoms with Gasteiger partial charge in [0.25, 0.3) is 0 Å². The molecule has 0 spiro atoms. The maximum atomic E-state index is 12.9. The molecular weight excluding hydrogens is 853 g/mol. The van der Waals surface area contributed by atoms with Crippen LogP contribution < -0.4 is 0 Å². The second-order valence-electron chi connectivity index (χ2n) is 22.6. The molecule has 0 radical (unpaired) electrons. The summed E-state index contributed by atoms with van der Waals surface area (Å²) in [4.78, 5) is 38.2. The molecule has 0 aliphatic carbocycles.